The number of esters is 1. The van der Waals surface area contributed by atoms with E-state index in [2.05, 4.69) is 0 Å². The van der Waals surface area contributed by atoms with Gasteiger partial charge in [-0.05, 0) is 37.1 Å². The molecule has 7 heteroatoms. The van der Waals surface area contributed by atoms with E-state index in [1.165, 1.54) is 0 Å². The lowest BCUT2D eigenvalue weighted by atomic mass is 10.1. The van der Waals surface area contributed by atoms with E-state index in [0.717, 1.165) is 11.4 Å². The number of carbonyl (C=O) groups is 1. The first kappa shape index (κ1) is 17.4. The quantitative estimate of drug-likeness (QED) is 0.665. The lowest BCUT2D eigenvalue weighted by Crippen LogP contribution is -2.40. The van der Waals surface area contributed by atoms with Crippen molar-refractivity contribution >= 4 is 27.5 Å². The maximum atomic E-state index is 12.6. The van der Waals surface area contributed by atoms with Gasteiger partial charge in [-0.3, -0.25) is 4.55 Å². The number of hydrogen-bond acceptors (Lipinski definition) is 5. The minimum absolute atomic E-state index is 0.0818. The van der Waals surface area contributed by atoms with Gasteiger partial charge in [-0.2, -0.15) is 8.42 Å². The molecule has 132 valence electrons. The van der Waals surface area contributed by atoms with Crippen molar-refractivity contribution in [3.05, 3.63) is 60.7 Å². The standard InChI is InChI=1S/C18H19NO5S/c20-18-16(12-7-13-17(24-18)25(21,22)23)19(14-8-3-1-4-9-14)15-10-5-2-6-11-15/h1-6,8-11,16-17H,7,12-13H2,(H,21,22,23). The summed E-state index contributed by atoms with van der Waals surface area (Å²) in [4.78, 5) is 14.5. The second-order valence-electron chi connectivity index (χ2n) is 5.87. The number of para-hydroxylation sites is 2. The molecule has 0 amide bonds. The van der Waals surface area contributed by atoms with Crippen molar-refractivity contribution < 1.29 is 22.5 Å². The zero-order valence-electron chi connectivity index (χ0n) is 13.5. The minimum Gasteiger partial charge on any atom is -0.442 e. The molecule has 1 N–H and O–H groups in total. The molecule has 1 saturated heterocycles. The van der Waals surface area contributed by atoms with Gasteiger partial charge in [-0.15, -0.1) is 0 Å². The van der Waals surface area contributed by atoms with Crippen LogP contribution in [0.4, 0.5) is 11.4 Å². The van der Waals surface area contributed by atoms with Crippen LogP contribution < -0.4 is 4.90 Å². The molecule has 1 aliphatic heterocycles. The molecule has 2 aromatic carbocycles. The van der Waals surface area contributed by atoms with E-state index in [0.29, 0.717) is 12.8 Å². The Morgan fingerprint density at radius 3 is 1.92 bits per heavy atom. The predicted molar refractivity (Wildman–Crippen MR) is 94.1 cm³/mol. The summed E-state index contributed by atoms with van der Waals surface area (Å²) < 4.78 is 37.1. The van der Waals surface area contributed by atoms with E-state index < -0.39 is 27.6 Å². The molecule has 0 saturated carbocycles. The van der Waals surface area contributed by atoms with Gasteiger partial charge in [0, 0.05) is 17.8 Å². The molecule has 1 fully saturated rings. The Morgan fingerprint density at radius 1 is 0.920 bits per heavy atom. The Hall–Kier alpha value is -2.38. The summed E-state index contributed by atoms with van der Waals surface area (Å²) in [6, 6.07) is 18.1. The number of anilines is 2. The maximum Gasteiger partial charge on any atom is 0.330 e. The van der Waals surface area contributed by atoms with Gasteiger partial charge in [-0.25, -0.2) is 4.79 Å². The highest BCUT2D eigenvalue weighted by molar-refractivity contribution is 7.86. The second-order valence-corrected chi connectivity index (χ2v) is 7.42. The lowest BCUT2D eigenvalue weighted by molar-refractivity contribution is -0.146. The number of rotatable bonds is 4. The summed E-state index contributed by atoms with van der Waals surface area (Å²) in [7, 11) is -4.42. The van der Waals surface area contributed by atoms with E-state index in [9.17, 15) is 17.8 Å². The average molecular weight is 361 g/mol. The van der Waals surface area contributed by atoms with E-state index in [1.807, 2.05) is 65.6 Å². The van der Waals surface area contributed by atoms with Gasteiger partial charge < -0.3 is 9.64 Å². The van der Waals surface area contributed by atoms with E-state index in [4.69, 9.17) is 4.74 Å². The van der Waals surface area contributed by atoms with Gasteiger partial charge >= 0.3 is 16.1 Å². The monoisotopic (exact) mass is 361 g/mol. The molecule has 1 aliphatic rings. The number of carbonyl (C=O) groups excluding carboxylic acids is 1. The first-order valence-corrected chi connectivity index (χ1v) is 9.53. The van der Waals surface area contributed by atoms with Crippen molar-refractivity contribution in [2.24, 2.45) is 0 Å². The van der Waals surface area contributed by atoms with Gasteiger partial charge in [-0.1, -0.05) is 36.4 Å². The van der Waals surface area contributed by atoms with E-state index >= 15 is 0 Å². The fourth-order valence-electron chi connectivity index (χ4n) is 2.99. The molecule has 25 heavy (non-hydrogen) atoms. The van der Waals surface area contributed by atoms with Gasteiger partial charge in [0.25, 0.3) is 0 Å². The third kappa shape index (κ3) is 4.00. The fourth-order valence-corrected chi connectivity index (χ4v) is 3.67. The Balaban J connectivity index is 1.98. The molecule has 2 unspecified atom stereocenters. The van der Waals surface area contributed by atoms with Crippen LogP contribution in [0.1, 0.15) is 19.3 Å². The molecular weight excluding hydrogens is 342 g/mol. The van der Waals surface area contributed by atoms with Gasteiger partial charge in [0.15, 0.2) is 0 Å². The predicted octanol–water partition coefficient (Wildman–Crippen LogP) is 3.13. The molecule has 0 aliphatic carbocycles. The first-order chi connectivity index (χ1) is 12.0. The van der Waals surface area contributed by atoms with Crippen molar-refractivity contribution in [3.8, 4) is 0 Å². The van der Waals surface area contributed by atoms with Crippen LogP contribution in [0.3, 0.4) is 0 Å². The Bertz CT molecular complexity index is 784. The average Bonchev–Trinajstić information content (AvgIpc) is 2.79. The third-order valence-corrected chi connectivity index (χ3v) is 5.15. The first-order valence-electron chi connectivity index (χ1n) is 8.03. The van der Waals surface area contributed by atoms with Crippen molar-refractivity contribution in [1.82, 2.24) is 0 Å². The van der Waals surface area contributed by atoms with Crippen molar-refractivity contribution in [2.45, 2.75) is 30.7 Å². The Kier molecular flexibility index (Phi) is 5.06. The summed E-state index contributed by atoms with van der Waals surface area (Å²) >= 11 is 0. The molecule has 6 nitrogen and oxygen atoms in total. The highest BCUT2D eigenvalue weighted by Gasteiger charge is 2.37. The molecule has 3 rings (SSSR count). The summed E-state index contributed by atoms with van der Waals surface area (Å²) in [5.74, 6) is -0.659. The number of cyclic esters (lactones) is 1. The van der Waals surface area contributed by atoms with Gasteiger partial charge in [0.2, 0.25) is 5.44 Å². The zero-order valence-corrected chi connectivity index (χ0v) is 14.3. The third-order valence-electron chi connectivity index (χ3n) is 4.15. The van der Waals surface area contributed by atoms with Crippen molar-refractivity contribution in [3.63, 3.8) is 0 Å². The zero-order chi connectivity index (χ0) is 17.9. The molecule has 1 heterocycles. The lowest BCUT2D eigenvalue weighted by Gasteiger charge is -2.31. The summed E-state index contributed by atoms with van der Waals surface area (Å²) in [6.07, 6.45) is 0.949. The van der Waals surface area contributed by atoms with Gasteiger partial charge in [0.1, 0.15) is 6.04 Å². The number of nitrogens with zero attached hydrogens (tertiary/aromatic N) is 1. The highest BCUT2D eigenvalue weighted by atomic mass is 32.2. The SMILES string of the molecule is O=C1OC(S(=O)(=O)O)CCCC1N(c1ccccc1)c1ccccc1. The van der Waals surface area contributed by atoms with Crippen LogP contribution in [-0.4, -0.2) is 30.4 Å². The summed E-state index contributed by atoms with van der Waals surface area (Å²) in [5, 5.41) is 0. The number of hydrogen-bond donors (Lipinski definition) is 1. The van der Waals surface area contributed by atoms with E-state index in [-0.39, 0.29) is 6.42 Å². The molecule has 0 bridgehead atoms. The van der Waals surface area contributed by atoms with Crippen LogP contribution >= 0.6 is 0 Å². The Morgan fingerprint density at radius 2 is 1.44 bits per heavy atom. The fraction of sp³-hybridized carbons (Fsp3) is 0.278. The Labute approximate surface area is 146 Å². The second kappa shape index (κ2) is 7.25. The summed E-state index contributed by atoms with van der Waals surface area (Å²) in [5.41, 5.74) is 0.111. The maximum absolute atomic E-state index is 12.6. The smallest absolute Gasteiger partial charge is 0.330 e. The van der Waals surface area contributed by atoms with Crippen LogP contribution in [-0.2, 0) is 19.6 Å². The highest BCUT2D eigenvalue weighted by Crippen LogP contribution is 2.32. The van der Waals surface area contributed by atoms with Crippen LogP contribution in [0.2, 0.25) is 0 Å². The van der Waals surface area contributed by atoms with Crippen LogP contribution in [0.25, 0.3) is 0 Å². The van der Waals surface area contributed by atoms with E-state index in [1.54, 1.807) is 0 Å². The molecule has 0 aromatic heterocycles. The molecular formula is C18H19NO5S. The largest absolute Gasteiger partial charge is 0.442 e. The summed E-state index contributed by atoms with van der Waals surface area (Å²) in [6.45, 7) is 0. The molecule has 2 aromatic rings. The normalized spacial score (nSPS) is 21.2. The van der Waals surface area contributed by atoms with Crippen molar-refractivity contribution in [2.75, 3.05) is 4.90 Å². The number of benzene rings is 2. The van der Waals surface area contributed by atoms with Crippen LogP contribution in [0.15, 0.2) is 60.7 Å². The van der Waals surface area contributed by atoms with Crippen LogP contribution in [0, 0.1) is 0 Å². The molecule has 0 spiro atoms. The molecule has 0 radical (unpaired) electrons. The topological polar surface area (TPSA) is 83.9 Å². The minimum atomic E-state index is -4.42. The van der Waals surface area contributed by atoms with Gasteiger partial charge in [0.05, 0.1) is 0 Å². The number of ether oxygens (including phenoxy) is 1. The molecule has 2 atom stereocenters. The van der Waals surface area contributed by atoms with Crippen LogP contribution in [0.5, 0.6) is 0 Å². The van der Waals surface area contributed by atoms with Crippen molar-refractivity contribution in [1.29, 1.82) is 0 Å².